The van der Waals surface area contributed by atoms with E-state index in [1.165, 1.54) is 5.57 Å². The van der Waals surface area contributed by atoms with Crippen LogP contribution in [0.2, 0.25) is 0 Å². The summed E-state index contributed by atoms with van der Waals surface area (Å²) in [7, 11) is 0. The third kappa shape index (κ3) is 5.57. The lowest BCUT2D eigenvalue weighted by atomic mass is 9.73. The lowest BCUT2D eigenvalue weighted by molar-refractivity contribution is -0.116. The van der Waals surface area contributed by atoms with Crippen LogP contribution in [0.4, 0.5) is 5.69 Å². The minimum absolute atomic E-state index is 0.0306. The van der Waals surface area contributed by atoms with E-state index < -0.39 is 0 Å². The Balaban J connectivity index is 0.00000204. The number of allylic oxidation sites excluding steroid dienone is 7. The molecule has 0 N–H and O–H groups in total. The van der Waals surface area contributed by atoms with Crippen LogP contribution in [0, 0.1) is 23.2 Å². The molecule has 154 valence electrons. The summed E-state index contributed by atoms with van der Waals surface area (Å²) in [5.74, 6) is 0.361. The molecule has 1 aromatic rings. The van der Waals surface area contributed by atoms with E-state index in [0.717, 1.165) is 23.2 Å². The Hall–Kier alpha value is -2.86. The van der Waals surface area contributed by atoms with E-state index in [4.69, 9.17) is 0 Å². The minimum atomic E-state index is 0.0306. The van der Waals surface area contributed by atoms with Crippen molar-refractivity contribution >= 4 is 17.2 Å². The van der Waals surface area contributed by atoms with Crippen LogP contribution < -0.4 is 4.90 Å². The fourth-order valence-corrected chi connectivity index (χ4v) is 3.78. The van der Waals surface area contributed by atoms with Gasteiger partial charge in [-0.3, -0.25) is 4.79 Å². The number of hydrogen-bond acceptors (Lipinski definition) is 2. The first-order valence-electron chi connectivity index (χ1n) is 10.5. The summed E-state index contributed by atoms with van der Waals surface area (Å²) >= 11 is 0. The molecular formula is C26H34N2O. The molecule has 2 unspecified atom stereocenters. The standard InChI is InChI=1S/C24H28N2O.C2H6/c1-6-10-23(24-17(4)13-14-20(16-25)22(24)7-2)19-11-9-12-21(15-19)26(8-3)18(5)27;1-2/h7,9-15,17,24H,2,6,8H2,1,3-5H3;1-2H3/b23-10-;. The zero-order chi connectivity index (χ0) is 22.0. The smallest absolute Gasteiger partial charge is 0.223 e. The first-order valence-corrected chi connectivity index (χ1v) is 10.5. The maximum absolute atomic E-state index is 12.0. The number of nitriles is 1. The molecule has 3 heteroatoms. The molecule has 0 aliphatic heterocycles. The van der Waals surface area contributed by atoms with Crippen molar-refractivity contribution in [1.82, 2.24) is 0 Å². The van der Waals surface area contributed by atoms with Crippen molar-refractivity contribution in [3.05, 3.63) is 71.9 Å². The number of hydrogen-bond donors (Lipinski definition) is 0. The van der Waals surface area contributed by atoms with E-state index >= 15 is 0 Å². The van der Waals surface area contributed by atoms with Gasteiger partial charge < -0.3 is 4.90 Å². The number of amides is 1. The monoisotopic (exact) mass is 390 g/mol. The van der Waals surface area contributed by atoms with Crippen molar-refractivity contribution in [3.63, 3.8) is 0 Å². The molecule has 1 aromatic carbocycles. The van der Waals surface area contributed by atoms with Crippen molar-refractivity contribution < 1.29 is 4.79 Å². The van der Waals surface area contributed by atoms with E-state index in [1.54, 1.807) is 11.8 Å². The van der Waals surface area contributed by atoms with Crippen LogP contribution in [0.1, 0.15) is 53.5 Å². The van der Waals surface area contributed by atoms with Crippen LogP contribution in [0.3, 0.4) is 0 Å². The van der Waals surface area contributed by atoms with Gasteiger partial charge in [0.25, 0.3) is 0 Å². The maximum atomic E-state index is 12.0. The lowest BCUT2D eigenvalue weighted by Crippen LogP contribution is -2.28. The zero-order valence-corrected chi connectivity index (χ0v) is 18.7. The van der Waals surface area contributed by atoms with Gasteiger partial charge in [0, 0.05) is 25.1 Å². The Morgan fingerprint density at radius 1 is 1.31 bits per heavy atom. The summed E-state index contributed by atoms with van der Waals surface area (Å²) in [4.78, 5) is 13.7. The Labute approximate surface area is 176 Å². The first kappa shape index (κ1) is 24.2. The van der Waals surface area contributed by atoms with E-state index in [0.29, 0.717) is 12.1 Å². The summed E-state index contributed by atoms with van der Waals surface area (Å²) in [5.41, 5.74) is 4.80. The second-order valence-electron chi connectivity index (χ2n) is 6.76. The maximum Gasteiger partial charge on any atom is 0.223 e. The average molecular weight is 391 g/mol. The molecule has 1 amide bonds. The van der Waals surface area contributed by atoms with Gasteiger partial charge in [0.1, 0.15) is 0 Å². The first-order chi connectivity index (χ1) is 14.0. The topological polar surface area (TPSA) is 44.1 Å². The highest BCUT2D eigenvalue weighted by Gasteiger charge is 2.28. The number of nitrogens with zero attached hydrogens (tertiary/aromatic N) is 2. The lowest BCUT2D eigenvalue weighted by Gasteiger charge is -2.30. The molecule has 1 aliphatic carbocycles. The Kier molecular flexibility index (Phi) is 9.89. The number of rotatable bonds is 6. The Bertz CT molecular complexity index is 852. The normalized spacial score (nSPS) is 18.4. The summed E-state index contributed by atoms with van der Waals surface area (Å²) in [6, 6.07) is 10.4. The van der Waals surface area contributed by atoms with Crippen LogP contribution in [0.15, 0.2) is 66.3 Å². The van der Waals surface area contributed by atoms with Crippen LogP contribution in [0.25, 0.3) is 5.57 Å². The molecule has 0 heterocycles. The molecule has 0 saturated carbocycles. The molecule has 0 saturated heterocycles. The number of anilines is 1. The van der Waals surface area contributed by atoms with Gasteiger partial charge in [-0.05, 0) is 54.2 Å². The van der Waals surface area contributed by atoms with Gasteiger partial charge in [0.15, 0.2) is 0 Å². The van der Waals surface area contributed by atoms with Gasteiger partial charge in [-0.2, -0.15) is 5.26 Å². The van der Waals surface area contributed by atoms with Gasteiger partial charge >= 0.3 is 0 Å². The number of benzene rings is 1. The summed E-state index contributed by atoms with van der Waals surface area (Å²) in [6.45, 7) is 16.4. The Morgan fingerprint density at radius 3 is 2.52 bits per heavy atom. The molecule has 2 rings (SSSR count). The van der Waals surface area contributed by atoms with Crippen LogP contribution >= 0.6 is 0 Å². The highest BCUT2D eigenvalue weighted by molar-refractivity contribution is 5.92. The summed E-state index contributed by atoms with van der Waals surface area (Å²) < 4.78 is 0. The third-order valence-electron chi connectivity index (χ3n) is 5.03. The second kappa shape index (κ2) is 11.9. The molecule has 2 atom stereocenters. The highest BCUT2D eigenvalue weighted by Crippen LogP contribution is 2.41. The predicted octanol–water partition coefficient (Wildman–Crippen LogP) is 6.71. The van der Waals surface area contributed by atoms with Crippen molar-refractivity contribution in [3.8, 4) is 6.07 Å². The van der Waals surface area contributed by atoms with Gasteiger partial charge in [-0.15, -0.1) is 0 Å². The minimum Gasteiger partial charge on any atom is -0.313 e. The highest BCUT2D eigenvalue weighted by atomic mass is 16.2. The number of carbonyl (C=O) groups excluding carboxylic acids is 1. The van der Waals surface area contributed by atoms with E-state index in [1.807, 2.05) is 45.1 Å². The van der Waals surface area contributed by atoms with Crippen molar-refractivity contribution in [1.29, 1.82) is 5.26 Å². The Morgan fingerprint density at radius 2 is 2.00 bits per heavy atom. The molecule has 0 radical (unpaired) electrons. The summed E-state index contributed by atoms with van der Waals surface area (Å²) in [5, 5.41) is 9.52. The number of carbonyl (C=O) groups is 1. The molecule has 0 bridgehead atoms. The van der Waals surface area contributed by atoms with Gasteiger partial charge in [-0.1, -0.05) is 64.6 Å². The van der Waals surface area contributed by atoms with Gasteiger partial charge in [-0.25, -0.2) is 0 Å². The SMILES string of the molecule is C=CC1=C(C#N)C=CC(C)C1/C(=C\CC)c1cccc(N(CC)C(C)=O)c1.CC. The predicted molar refractivity (Wildman–Crippen MR) is 124 cm³/mol. The van der Waals surface area contributed by atoms with Crippen LogP contribution in [0.5, 0.6) is 0 Å². The van der Waals surface area contributed by atoms with Crippen molar-refractivity contribution in [2.24, 2.45) is 11.8 Å². The average Bonchev–Trinajstić information content (AvgIpc) is 2.74. The fourth-order valence-electron chi connectivity index (χ4n) is 3.78. The second-order valence-corrected chi connectivity index (χ2v) is 6.76. The van der Waals surface area contributed by atoms with E-state index in [-0.39, 0.29) is 17.7 Å². The molecule has 3 nitrogen and oxygen atoms in total. The molecule has 0 aromatic heterocycles. The zero-order valence-electron chi connectivity index (χ0n) is 18.7. The molecule has 1 aliphatic rings. The third-order valence-corrected chi connectivity index (χ3v) is 5.03. The van der Waals surface area contributed by atoms with Crippen LogP contribution in [-0.2, 0) is 4.79 Å². The quantitative estimate of drug-likeness (QED) is 0.542. The van der Waals surface area contributed by atoms with Crippen molar-refractivity contribution in [2.75, 3.05) is 11.4 Å². The molecular weight excluding hydrogens is 356 g/mol. The molecule has 0 spiro atoms. The fraction of sp³-hybridized carbons (Fsp3) is 0.385. The molecule has 0 fully saturated rings. The van der Waals surface area contributed by atoms with Gasteiger partial charge in [0.05, 0.1) is 11.6 Å². The van der Waals surface area contributed by atoms with E-state index in [2.05, 4.69) is 50.8 Å². The largest absolute Gasteiger partial charge is 0.313 e. The summed E-state index contributed by atoms with van der Waals surface area (Å²) in [6.07, 6.45) is 8.92. The molecule has 29 heavy (non-hydrogen) atoms. The van der Waals surface area contributed by atoms with Crippen LogP contribution in [-0.4, -0.2) is 12.5 Å². The van der Waals surface area contributed by atoms with E-state index in [9.17, 15) is 10.1 Å². The van der Waals surface area contributed by atoms with Gasteiger partial charge in [0.2, 0.25) is 5.91 Å². The van der Waals surface area contributed by atoms with Crippen molar-refractivity contribution in [2.45, 2.75) is 48.0 Å².